The summed E-state index contributed by atoms with van der Waals surface area (Å²) in [5.74, 6) is 0.671. The fraction of sp³-hybridized carbons (Fsp3) is 0.625. The van der Waals surface area contributed by atoms with Crippen molar-refractivity contribution in [2.45, 2.75) is 37.8 Å². The van der Waals surface area contributed by atoms with Gasteiger partial charge in [0.15, 0.2) is 0 Å². The summed E-state index contributed by atoms with van der Waals surface area (Å²) in [6.07, 6.45) is 3.74. The second-order valence-electron chi connectivity index (χ2n) is 5.62. The molecule has 0 amide bonds. The number of halogens is 1. The van der Waals surface area contributed by atoms with Crippen molar-refractivity contribution in [3.05, 3.63) is 28.8 Å². The summed E-state index contributed by atoms with van der Waals surface area (Å²) in [4.78, 5) is 0. The molecular weight excluding hydrogens is 290 g/mol. The molecular formula is C16H24ClNO3. The van der Waals surface area contributed by atoms with Crippen molar-refractivity contribution < 1.29 is 14.6 Å². The molecule has 0 atom stereocenters. The van der Waals surface area contributed by atoms with E-state index in [1.807, 2.05) is 18.2 Å². The molecule has 2 N–H and O–H groups in total. The van der Waals surface area contributed by atoms with Gasteiger partial charge in [0, 0.05) is 25.8 Å². The Morgan fingerprint density at radius 1 is 1.33 bits per heavy atom. The highest BCUT2D eigenvalue weighted by molar-refractivity contribution is 6.32. The number of hydrogen-bond donors (Lipinski definition) is 2. The summed E-state index contributed by atoms with van der Waals surface area (Å²) >= 11 is 6.24. The molecule has 0 bridgehead atoms. The normalized spacial score (nSPS) is 17.1. The predicted octanol–water partition coefficient (Wildman–Crippen LogP) is 2.76. The Labute approximate surface area is 131 Å². The molecule has 0 aromatic heterocycles. The molecule has 1 aliphatic carbocycles. The minimum Gasteiger partial charge on any atom is -0.489 e. The van der Waals surface area contributed by atoms with Gasteiger partial charge in [-0.3, -0.25) is 0 Å². The summed E-state index contributed by atoms with van der Waals surface area (Å²) < 4.78 is 10.9. The van der Waals surface area contributed by atoms with Gasteiger partial charge < -0.3 is 19.9 Å². The largest absolute Gasteiger partial charge is 0.489 e. The first kappa shape index (κ1) is 16.6. The zero-order valence-electron chi connectivity index (χ0n) is 12.5. The first-order valence-electron chi connectivity index (χ1n) is 7.47. The summed E-state index contributed by atoms with van der Waals surface area (Å²) in [7, 11) is 1.68. The maximum Gasteiger partial charge on any atom is 0.142 e. The molecule has 0 spiro atoms. The number of para-hydroxylation sites is 1. The molecule has 1 aromatic carbocycles. The van der Waals surface area contributed by atoms with Crippen molar-refractivity contribution in [2.24, 2.45) is 0 Å². The number of benzene rings is 1. The maximum absolute atomic E-state index is 10.4. The Kier molecular flexibility index (Phi) is 6.30. The van der Waals surface area contributed by atoms with Crippen LogP contribution in [0.15, 0.2) is 18.2 Å². The minimum absolute atomic E-state index is 0.307. The molecule has 5 heteroatoms. The van der Waals surface area contributed by atoms with Gasteiger partial charge in [-0.25, -0.2) is 0 Å². The average Bonchev–Trinajstić information content (AvgIpc) is 2.90. The van der Waals surface area contributed by atoms with Crippen molar-refractivity contribution in [2.75, 3.05) is 26.9 Å². The van der Waals surface area contributed by atoms with Crippen LogP contribution in [0.1, 0.15) is 31.2 Å². The van der Waals surface area contributed by atoms with Crippen molar-refractivity contribution in [1.29, 1.82) is 0 Å². The smallest absolute Gasteiger partial charge is 0.142 e. The fourth-order valence-corrected chi connectivity index (χ4v) is 2.88. The Balaban J connectivity index is 1.96. The highest BCUT2D eigenvalue weighted by Crippen LogP contribution is 2.33. The average molecular weight is 314 g/mol. The van der Waals surface area contributed by atoms with Crippen molar-refractivity contribution in [3.8, 4) is 5.75 Å². The third kappa shape index (κ3) is 4.85. The molecule has 1 aromatic rings. The van der Waals surface area contributed by atoms with E-state index in [2.05, 4.69) is 5.32 Å². The maximum atomic E-state index is 10.4. The van der Waals surface area contributed by atoms with E-state index in [1.54, 1.807) is 7.11 Å². The molecule has 1 fully saturated rings. The van der Waals surface area contributed by atoms with Crippen LogP contribution in [0.4, 0.5) is 0 Å². The highest BCUT2D eigenvalue weighted by Gasteiger charge is 2.32. The van der Waals surface area contributed by atoms with Crippen molar-refractivity contribution >= 4 is 11.6 Å². The first-order valence-corrected chi connectivity index (χ1v) is 7.85. The second kappa shape index (κ2) is 7.99. The lowest BCUT2D eigenvalue weighted by atomic mass is 10.0. The molecule has 1 saturated carbocycles. The van der Waals surface area contributed by atoms with E-state index in [9.17, 15) is 5.11 Å². The van der Waals surface area contributed by atoms with Gasteiger partial charge in [0.1, 0.15) is 12.4 Å². The lowest BCUT2D eigenvalue weighted by Gasteiger charge is -2.23. The molecule has 0 aliphatic heterocycles. The topological polar surface area (TPSA) is 50.7 Å². The molecule has 118 valence electrons. The van der Waals surface area contributed by atoms with E-state index < -0.39 is 5.60 Å². The van der Waals surface area contributed by atoms with E-state index in [1.165, 1.54) is 0 Å². The predicted molar refractivity (Wildman–Crippen MR) is 83.9 cm³/mol. The second-order valence-corrected chi connectivity index (χ2v) is 6.02. The lowest BCUT2D eigenvalue weighted by Crippen LogP contribution is -2.32. The van der Waals surface area contributed by atoms with Crippen LogP contribution < -0.4 is 10.1 Å². The van der Waals surface area contributed by atoms with Gasteiger partial charge in [-0.15, -0.1) is 0 Å². The van der Waals surface area contributed by atoms with Gasteiger partial charge in [0.05, 0.1) is 17.2 Å². The van der Waals surface area contributed by atoms with E-state index in [0.29, 0.717) is 30.5 Å². The zero-order chi connectivity index (χ0) is 15.1. The van der Waals surface area contributed by atoms with E-state index >= 15 is 0 Å². The monoisotopic (exact) mass is 313 g/mol. The van der Waals surface area contributed by atoms with Crippen LogP contribution in [0.2, 0.25) is 5.02 Å². The summed E-state index contributed by atoms with van der Waals surface area (Å²) in [5, 5.41) is 14.2. The minimum atomic E-state index is -0.695. The zero-order valence-corrected chi connectivity index (χ0v) is 13.3. The van der Waals surface area contributed by atoms with E-state index in [0.717, 1.165) is 37.8 Å². The highest BCUT2D eigenvalue weighted by atomic mass is 35.5. The molecule has 21 heavy (non-hydrogen) atoms. The number of methoxy groups -OCH3 is 1. The van der Waals surface area contributed by atoms with Crippen molar-refractivity contribution in [3.63, 3.8) is 0 Å². The lowest BCUT2D eigenvalue weighted by molar-refractivity contribution is 0.00115. The standard InChI is InChI=1S/C16H24ClNO3/c1-20-10-9-18-11-13-5-4-6-14(17)15(13)21-12-16(19)7-2-3-8-16/h4-6,18-19H,2-3,7-12H2,1H3. The number of nitrogens with one attached hydrogen (secondary N) is 1. The van der Waals surface area contributed by atoms with Crippen LogP contribution >= 0.6 is 11.6 Å². The van der Waals surface area contributed by atoms with Crippen LogP contribution in [0.25, 0.3) is 0 Å². The van der Waals surface area contributed by atoms with Gasteiger partial charge in [-0.05, 0) is 18.9 Å². The first-order chi connectivity index (χ1) is 10.1. The summed E-state index contributed by atoms with van der Waals surface area (Å²) in [5.41, 5.74) is 0.306. The van der Waals surface area contributed by atoms with Crippen LogP contribution in [0.3, 0.4) is 0 Å². The molecule has 1 aliphatic rings. The van der Waals surface area contributed by atoms with Gasteiger partial charge in [-0.2, -0.15) is 0 Å². The third-order valence-electron chi connectivity index (χ3n) is 3.87. The fourth-order valence-electron chi connectivity index (χ4n) is 2.64. The number of aliphatic hydroxyl groups is 1. The van der Waals surface area contributed by atoms with Gasteiger partial charge >= 0.3 is 0 Å². The van der Waals surface area contributed by atoms with Crippen molar-refractivity contribution in [1.82, 2.24) is 5.32 Å². The van der Waals surface area contributed by atoms with Crippen LogP contribution in [-0.2, 0) is 11.3 Å². The number of ether oxygens (including phenoxy) is 2. The Bertz CT molecular complexity index is 447. The van der Waals surface area contributed by atoms with E-state index in [-0.39, 0.29) is 0 Å². The number of rotatable bonds is 8. The molecule has 2 rings (SSSR count). The molecule has 4 nitrogen and oxygen atoms in total. The van der Waals surface area contributed by atoms with Crippen LogP contribution in [-0.4, -0.2) is 37.6 Å². The van der Waals surface area contributed by atoms with Gasteiger partial charge in [-0.1, -0.05) is 36.6 Å². The SMILES string of the molecule is COCCNCc1cccc(Cl)c1OCC1(O)CCCC1. The molecule has 0 unspecified atom stereocenters. The third-order valence-corrected chi connectivity index (χ3v) is 4.16. The Hall–Kier alpha value is -0.810. The van der Waals surface area contributed by atoms with Crippen LogP contribution in [0, 0.1) is 0 Å². The molecule has 0 radical (unpaired) electrons. The number of hydrogen-bond acceptors (Lipinski definition) is 4. The van der Waals surface area contributed by atoms with Crippen LogP contribution in [0.5, 0.6) is 5.75 Å². The quantitative estimate of drug-likeness (QED) is 0.725. The summed E-state index contributed by atoms with van der Waals surface area (Å²) in [6, 6.07) is 5.71. The van der Waals surface area contributed by atoms with E-state index in [4.69, 9.17) is 21.1 Å². The molecule has 0 heterocycles. The molecule has 0 saturated heterocycles. The summed E-state index contributed by atoms with van der Waals surface area (Å²) in [6.45, 7) is 2.41. The van der Waals surface area contributed by atoms with Gasteiger partial charge in [0.25, 0.3) is 0 Å². The Morgan fingerprint density at radius 2 is 2.10 bits per heavy atom. The Morgan fingerprint density at radius 3 is 2.81 bits per heavy atom. The van der Waals surface area contributed by atoms with Gasteiger partial charge in [0.2, 0.25) is 0 Å².